The van der Waals surface area contributed by atoms with Crippen LogP contribution < -0.4 is 0 Å². The van der Waals surface area contributed by atoms with Crippen molar-refractivity contribution in [3.63, 3.8) is 0 Å². The van der Waals surface area contributed by atoms with Gasteiger partial charge in [0.2, 0.25) is 0 Å². The Bertz CT molecular complexity index is 412. The Hall–Kier alpha value is -0.820. The highest BCUT2D eigenvalue weighted by molar-refractivity contribution is 5.37. The van der Waals surface area contributed by atoms with Crippen molar-refractivity contribution in [1.82, 2.24) is 4.90 Å². The number of benzene rings is 1. The van der Waals surface area contributed by atoms with Crippen LogP contribution in [0.15, 0.2) is 24.3 Å². The van der Waals surface area contributed by atoms with E-state index in [2.05, 4.69) is 43.0 Å². The van der Waals surface area contributed by atoms with Gasteiger partial charge >= 0.3 is 0 Å². The Labute approximate surface area is 111 Å². The smallest absolute Gasteiger partial charge is 0.0202 e. The minimum atomic E-state index is 0.724. The fourth-order valence-electron chi connectivity index (χ4n) is 4.03. The van der Waals surface area contributed by atoms with Crippen molar-refractivity contribution in [2.75, 3.05) is 13.1 Å². The largest absolute Gasteiger partial charge is 0.299 e. The van der Waals surface area contributed by atoms with Gasteiger partial charge in [0.05, 0.1) is 0 Å². The molecule has 3 rings (SSSR count). The Kier molecular flexibility index (Phi) is 3.43. The Morgan fingerprint density at radius 2 is 2.11 bits per heavy atom. The molecule has 1 heteroatoms. The van der Waals surface area contributed by atoms with E-state index in [1.807, 2.05) is 0 Å². The van der Waals surface area contributed by atoms with Gasteiger partial charge in [0, 0.05) is 12.6 Å². The van der Waals surface area contributed by atoms with Crippen LogP contribution in [0, 0.1) is 5.92 Å². The zero-order chi connectivity index (χ0) is 12.5. The summed E-state index contributed by atoms with van der Waals surface area (Å²) in [6.07, 6.45) is 5.47. The van der Waals surface area contributed by atoms with Crippen molar-refractivity contribution in [2.45, 2.75) is 51.5 Å². The highest BCUT2D eigenvalue weighted by atomic mass is 15.2. The van der Waals surface area contributed by atoms with Crippen molar-refractivity contribution >= 4 is 0 Å². The third kappa shape index (κ3) is 2.09. The molecule has 98 valence electrons. The maximum absolute atomic E-state index is 2.77. The number of rotatable bonds is 3. The molecule has 1 aromatic rings. The first-order valence-corrected chi connectivity index (χ1v) is 7.61. The molecule has 1 aliphatic carbocycles. The van der Waals surface area contributed by atoms with Crippen LogP contribution in [0.3, 0.4) is 0 Å². The molecule has 0 spiro atoms. The summed E-state index contributed by atoms with van der Waals surface area (Å²) in [6.45, 7) is 7.41. The Balaban J connectivity index is 1.70. The molecule has 1 saturated heterocycles. The molecule has 2 unspecified atom stereocenters. The summed E-state index contributed by atoms with van der Waals surface area (Å²) in [6, 6.07) is 9.81. The lowest BCUT2D eigenvalue weighted by Crippen LogP contribution is -2.35. The molecule has 0 bridgehead atoms. The first-order chi connectivity index (χ1) is 8.79. The van der Waals surface area contributed by atoms with E-state index >= 15 is 0 Å². The maximum atomic E-state index is 2.77. The minimum Gasteiger partial charge on any atom is -0.299 e. The molecule has 0 aromatic heterocycles. The Morgan fingerprint density at radius 1 is 1.28 bits per heavy atom. The SMILES string of the molecule is CCC[C@@H]1CCN(C2Cc3ccccc3C2C)C1. The number of nitrogens with zero attached hydrogens (tertiary/aromatic N) is 1. The van der Waals surface area contributed by atoms with Crippen molar-refractivity contribution in [3.05, 3.63) is 35.4 Å². The van der Waals surface area contributed by atoms with Crippen molar-refractivity contribution in [1.29, 1.82) is 0 Å². The van der Waals surface area contributed by atoms with Crippen LogP contribution in [0.1, 0.15) is 50.2 Å². The normalized spacial score (nSPS) is 31.8. The van der Waals surface area contributed by atoms with Gasteiger partial charge in [0.15, 0.2) is 0 Å². The van der Waals surface area contributed by atoms with Gasteiger partial charge < -0.3 is 0 Å². The number of hydrogen-bond acceptors (Lipinski definition) is 1. The summed E-state index contributed by atoms with van der Waals surface area (Å²) in [5.41, 5.74) is 3.19. The van der Waals surface area contributed by atoms with Crippen molar-refractivity contribution in [3.8, 4) is 0 Å². The molecular formula is C17H25N. The predicted molar refractivity (Wildman–Crippen MR) is 76.9 cm³/mol. The third-order valence-electron chi connectivity index (χ3n) is 5.04. The van der Waals surface area contributed by atoms with Crippen LogP contribution >= 0.6 is 0 Å². The lowest BCUT2D eigenvalue weighted by molar-refractivity contribution is 0.217. The summed E-state index contributed by atoms with van der Waals surface area (Å²) < 4.78 is 0. The minimum absolute atomic E-state index is 0.724. The van der Waals surface area contributed by atoms with Gasteiger partial charge in [0.1, 0.15) is 0 Å². The average molecular weight is 243 g/mol. The van der Waals surface area contributed by atoms with E-state index in [0.717, 1.165) is 17.9 Å². The fraction of sp³-hybridized carbons (Fsp3) is 0.647. The first-order valence-electron chi connectivity index (χ1n) is 7.61. The standard InChI is InChI=1S/C17H25N/c1-3-6-14-9-10-18(12-14)17-11-15-7-4-5-8-16(15)13(17)2/h4-5,7-8,13-14,17H,3,6,9-12H2,1-2H3/t13?,14-,17?/m1/s1. The zero-order valence-corrected chi connectivity index (χ0v) is 11.7. The molecule has 0 radical (unpaired) electrons. The van der Waals surface area contributed by atoms with Crippen LogP contribution in [0.2, 0.25) is 0 Å². The molecule has 1 fully saturated rings. The molecule has 1 aromatic carbocycles. The lowest BCUT2D eigenvalue weighted by Gasteiger charge is -2.28. The van der Waals surface area contributed by atoms with Gasteiger partial charge in [-0.15, -0.1) is 0 Å². The predicted octanol–water partition coefficient (Wildman–Crippen LogP) is 3.84. The fourth-order valence-corrected chi connectivity index (χ4v) is 4.03. The molecule has 1 nitrogen and oxygen atoms in total. The highest BCUT2D eigenvalue weighted by Gasteiger charge is 2.36. The Morgan fingerprint density at radius 3 is 2.89 bits per heavy atom. The monoisotopic (exact) mass is 243 g/mol. The summed E-state index contributed by atoms with van der Waals surface area (Å²) in [5.74, 6) is 1.69. The second-order valence-electron chi connectivity index (χ2n) is 6.20. The van der Waals surface area contributed by atoms with Gasteiger partial charge in [-0.3, -0.25) is 4.90 Å². The molecule has 18 heavy (non-hydrogen) atoms. The molecule has 0 amide bonds. The summed E-state index contributed by atoms with van der Waals surface area (Å²) in [4.78, 5) is 2.77. The van der Waals surface area contributed by atoms with Crippen LogP contribution in [0.4, 0.5) is 0 Å². The van der Waals surface area contributed by atoms with Gasteiger partial charge in [0.25, 0.3) is 0 Å². The molecular weight excluding hydrogens is 218 g/mol. The summed E-state index contributed by atoms with van der Waals surface area (Å²) in [5, 5.41) is 0. The van der Waals surface area contributed by atoms with Crippen molar-refractivity contribution in [2.24, 2.45) is 5.92 Å². The molecule has 0 saturated carbocycles. The number of hydrogen-bond donors (Lipinski definition) is 0. The molecule has 2 aliphatic rings. The average Bonchev–Trinajstić information content (AvgIpc) is 2.96. The van der Waals surface area contributed by atoms with Gasteiger partial charge in [-0.1, -0.05) is 44.5 Å². The van der Waals surface area contributed by atoms with E-state index in [9.17, 15) is 0 Å². The molecule has 1 aliphatic heterocycles. The van der Waals surface area contributed by atoms with Crippen LogP contribution in [-0.4, -0.2) is 24.0 Å². The number of likely N-dealkylation sites (tertiary alicyclic amines) is 1. The molecule has 1 heterocycles. The van der Waals surface area contributed by atoms with Gasteiger partial charge in [-0.25, -0.2) is 0 Å². The lowest BCUT2D eigenvalue weighted by atomic mass is 9.99. The van der Waals surface area contributed by atoms with Crippen LogP contribution in [0.25, 0.3) is 0 Å². The zero-order valence-electron chi connectivity index (χ0n) is 11.7. The number of fused-ring (bicyclic) bond motifs is 1. The molecule has 0 N–H and O–H groups in total. The summed E-state index contributed by atoms with van der Waals surface area (Å²) >= 11 is 0. The second-order valence-corrected chi connectivity index (χ2v) is 6.20. The third-order valence-corrected chi connectivity index (χ3v) is 5.04. The van der Waals surface area contributed by atoms with E-state index in [0.29, 0.717) is 0 Å². The van der Waals surface area contributed by atoms with E-state index in [1.54, 1.807) is 11.1 Å². The van der Waals surface area contributed by atoms with Crippen LogP contribution in [-0.2, 0) is 6.42 Å². The topological polar surface area (TPSA) is 3.24 Å². The van der Waals surface area contributed by atoms with E-state index in [-0.39, 0.29) is 0 Å². The second kappa shape index (κ2) is 5.05. The maximum Gasteiger partial charge on any atom is 0.0202 e. The van der Waals surface area contributed by atoms with Gasteiger partial charge in [-0.2, -0.15) is 0 Å². The highest BCUT2D eigenvalue weighted by Crippen LogP contribution is 2.38. The summed E-state index contributed by atoms with van der Waals surface area (Å²) in [7, 11) is 0. The van der Waals surface area contributed by atoms with E-state index in [4.69, 9.17) is 0 Å². The van der Waals surface area contributed by atoms with E-state index < -0.39 is 0 Å². The molecule has 3 atom stereocenters. The van der Waals surface area contributed by atoms with Crippen LogP contribution in [0.5, 0.6) is 0 Å². The quantitative estimate of drug-likeness (QED) is 0.779. The first kappa shape index (κ1) is 12.2. The van der Waals surface area contributed by atoms with Gasteiger partial charge in [-0.05, 0) is 48.8 Å². The van der Waals surface area contributed by atoms with Crippen molar-refractivity contribution < 1.29 is 0 Å². The van der Waals surface area contributed by atoms with E-state index in [1.165, 1.54) is 38.8 Å².